The summed E-state index contributed by atoms with van der Waals surface area (Å²) in [5.74, 6) is 1.72. The topological polar surface area (TPSA) is 92.4 Å². The van der Waals surface area contributed by atoms with Crippen LogP contribution in [0.2, 0.25) is 0 Å². The Kier molecular flexibility index (Phi) is 3.99. The maximum atomic E-state index is 12.8. The van der Waals surface area contributed by atoms with E-state index in [2.05, 4.69) is 20.3 Å². The van der Waals surface area contributed by atoms with E-state index in [1.807, 2.05) is 12.1 Å². The third-order valence-corrected chi connectivity index (χ3v) is 6.94. The number of hydrogen-bond donors (Lipinski definition) is 0. The molecule has 1 saturated carbocycles. The SMILES string of the molecule is Cc1noc(C)c1S(=O)(=O)N1CCN(c2ccc(C3CC3)nn2)CC1. The maximum Gasteiger partial charge on any atom is 0.248 e. The van der Waals surface area contributed by atoms with E-state index in [0.717, 1.165) is 11.5 Å². The number of piperazine rings is 1. The van der Waals surface area contributed by atoms with Crippen molar-refractivity contribution >= 4 is 15.8 Å². The summed E-state index contributed by atoms with van der Waals surface area (Å²) >= 11 is 0. The highest BCUT2D eigenvalue weighted by Gasteiger charge is 2.33. The first-order valence-electron chi connectivity index (χ1n) is 8.48. The minimum atomic E-state index is -3.58. The fourth-order valence-electron chi connectivity index (χ4n) is 3.23. The molecule has 2 fully saturated rings. The maximum absolute atomic E-state index is 12.8. The Morgan fingerprint density at radius 2 is 1.80 bits per heavy atom. The predicted molar refractivity (Wildman–Crippen MR) is 91.0 cm³/mol. The predicted octanol–water partition coefficient (Wildman–Crippen LogP) is 1.47. The zero-order chi connectivity index (χ0) is 17.6. The smallest absolute Gasteiger partial charge is 0.248 e. The van der Waals surface area contributed by atoms with Gasteiger partial charge in [0, 0.05) is 32.1 Å². The van der Waals surface area contributed by atoms with Crippen LogP contribution in [0.3, 0.4) is 0 Å². The number of sulfonamides is 1. The second-order valence-corrected chi connectivity index (χ2v) is 8.51. The van der Waals surface area contributed by atoms with Crippen molar-refractivity contribution in [2.45, 2.75) is 37.5 Å². The first-order valence-corrected chi connectivity index (χ1v) is 9.92. The van der Waals surface area contributed by atoms with E-state index in [0.29, 0.717) is 43.6 Å². The van der Waals surface area contributed by atoms with Crippen LogP contribution in [0.5, 0.6) is 0 Å². The Labute approximate surface area is 146 Å². The van der Waals surface area contributed by atoms with Gasteiger partial charge in [0.2, 0.25) is 10.0 Å². The number of hydrogen-bond acceptors (Lipinski definition) is 7. The highest BCUT2D eigenvalue weighted by atomic mass is 32.2. The van der Waals surface area contributed by atoms with Gasteiger partial charge in [-0.25, -0.2) is 8.42 Å². The number of nitrogens with zero attached hydrogens (tertiary/aromatic N) is 5. The van der Waals surface area contributed by atoms with Gasteiger partial charge >= 0.3 is 0 Å². The molecule has 1 aliphatic heterocycles. The molecular weight excluding hydrogens is 342 g/mol. The molecule has 0 amide bonds. The van der Waals surface area contributed by atoms with Gasteiger partial charge < -0.3 is 9.42 Å². The lowest BCUT2D eigenvalue weighted by atomic mass is 10.2. The van der Waals surface area contributed by atoms with Gasteiger partial charge in [0.25, 0.3) is 0 Å². The normalized spacial score (nSPS) is 19.4. The van der Waals surface area contributed by atoms with Crippen LogP contribution < -0.4 is 4.90 Å². The van der Waals surface area contributed by atoms with E-state index >= 15 is 0 Å². The van der Waals surface area contributed by atoms with Crippen LogP contribution in [0.25, 0.3) is 0 Å². The molecule has 9 heteroatoms. The first kappa shape index (κ1) is 16.5. The Morgan fingerprint density at radius 1 is 1.08 bits per heavy atom. The van der Waals surface area contributed by atoms with Crippen LogP contribution in [0.4, 0.5) is 5.82 Å². The molecule has 2 aromatic rings. The van der Waals surface area contributed by atoms with E-state index < -0.39 is 10.0 Å². The van der Waals surface area contributed by atoms with Crippen molar-refractivity contribution in [1.82, 2.24) is 19.7 Å². The molecule has 0 aromatic carbocycles. The lowest BCUT2D eigenvalue weighted by Crippen LogP contribution is -2.49. The summed E-state index contributed by atoms with van der Waals surface area (Å²) in [5, 5.41) is 12.4. The van der Waals surface area contributed by atoms with Crippen molar-refractivity contribution in [3.63, 3.8) is 0 Å². The number of aromatic nitrogens is 3. The summed E-state index contributed by atoms with van der Waals surface area (Å²) in [4.78, 5) is 2.26. The van der Waals surface area contributed by atoms with Crippen LogP contribution in [0, 0.1) is 13.8 Å². The molecule has 0 unspecified atom stereocenters. The summed E-state index contributed by atoms with van der Waals surface area (Å²) in [5.41, 5.74) is 1.46. The highest BCUT2D eigenvalue weighted by Crippen LogP contribution is 2.38. The molecule has 1 aliphatic carbocycles. The third-order valence-electron chi connectivity index (χ3n) is 4.80. The third kappa shape index (κ3) is 3.02. The van der Waals surface area contributed by atoms with Crippen LogP contribution in [-0.2, 0) is 10.0 Å². The van der Waals surface area contributed by atoms with E-state index in [1.54, 1.807) is 13.8 Å². The largest absolute Gasteiger partial charge is 0.360 e. The van der Waals surface area contributed by atoms with Gasteiger partial charge in [-0.3, -0.25) is 0 Å². The van der Waals surface area contributed by atoms with E-state index in [1.165, 1.54) is 17.1 Å². The average Bonchev–Trinajstić information content (AvgIpc) is 3.40. The van der Waals surface area contributed by atoms with Crippen molar-refractivity contribution < 1.29 is 12.9 Å². The van der Waals surface area contributed by atoms with Crippen LogP contribution in [0.1, 0.15) is 35.9 Å². The standard InChI is InChI=1S/C16H21N5O3S/c1-11-16(12(2)24-19-11)25(22,23)21-9-7-20(8-10-21)15-6-5-14(17-18-15)13-3-4-13/h5-6,13H,3-4,7-10H2,1-2H3. The molecule has 1 saturated heterocycles. The van der Waals surface area contributed by atoms with Gasteiger partial charge in [0.15, 0.2) is 11.6 Å². The zero-order valence-corrected chi connectivity index (χ0v) is 15.2. The molecule has 0 spiro atoms. The van der Waals surface area contributed by atoms with Crippen LogP contribution in [0.15, 0.2) is 21.6 Å². The van der Waals surface area contributed by atoms with Gasteiger partial charge in [-0.05, 0) is 38.8 Å². The number of rotatable bonds is 4. The number of anilines is 1. The molecular formula is C16H21N5O3S. The molecule has 0 N–H and O–H groups in total. The van der Waals surface area contributed by atoms with Gasteiger partial charge in [-0.15, -0.1) is 5.10 Å². The van der Waals surface area contributed by atoms with Crippen molar-refractivity contribution in [3.05, 3.63) is 29.3 Å². The molecule has 2 aromatic heterocycles. The molecule has 8 nitrogen and oxygen atoms in total. The van der Waals surface area contributed by atoms with Gasteiger partial charge in [-0.2, -0.15) is 9.40 Å². The van der Waals surface area contributed by atoms with Gasteiger partial charge in [-0.1, -0.05) is 5.16 Å². The minimum Gasteiger partial charge on any atom is -0.360 e. The van der Waals surface area contributed by atoms with E-state index in [4.69, 9.17) is 4.52 Å². The Bertz CT molecular complexity index is 846. The fraction of sp³-hybridized carbons (Fsp3) is 0.562. The van der Waals surface area contributed by atoms with Crippen LogP contribution in [-0.4, -0.2) is 54.3 Å². The monoisotopic (exact) mass is 363 g/mol. The van der Waals surface area contributed by atoms with Gasteiger partial charge in [0.1, 0.15) is 10.6 Å². The molecule has 0 atom stereocenters. The average molecular weight is 363 g/mol. The van der Waals surface area contributed by atoms with Crippen LogP contribution >= 0.6 is 0 Å². The lowest BCUT2D eigenvalue weighted by Gasteiger charge is -2.34. The number of aryl methyl sites for hydroxylation is 2. The zero-order valence-electron chi connectivity index (χ0n) is 14.3. The summed E-state index contributed by atoms with van der Waals surface area (Å²) in [6.07, 6.45) is 2.40. The molecule has 134 valence electrons. The van der Waals surface area contributed by atoms with E-state index in [9.17, 15) is 8.42 Å². The molecule has 0 radical (unpaired) electrons. The molecule has 0 bridgehead atoms. The fourth-order valence-corrected chi connectivity index (χ4v) is 4.94. The van der Waals surface area contributed by atoms with Gasteiger partial charge in [0.05, 0.1) is 5.69 Å². The molecule has 25 heavy (non-hydrogen) atoms. The second kappa shape index (κ2) is 6.06. The highest BCUT2D eigenvalue weighted by molar-refractivity contribution is 7.89. The minimum absolute atomic E-state index is 0.189. The molecule has 4 rings (SSSR count). The summed E-state index contributed by atoms with van der Waals surface area (Å²) in [6, 6.07) is 4.02. The molecule has 2 aliphatic rings. The molecule has 3 heterocycles. The van der Waals surface area contributed by atoms with E-state index in [-0.39, 0.29) is 4.90 Å². The van der Waals surface area contributed by atoms with Crippen molar-refractivity contribution in [3.8, 4) is 0 Å². The summed E-state index contributed by atoms with van der Waals surface area (Å²) in [6.45, 7) is 5.24. The lowest BCUT2D eigenvalue weighted by molar-refractivity contribution is 0.377. The van der Waals surface area contributed by atoms with Crippen molar-refractivity contribution in [1.29, 1.82) is 0 Å². The second-order valence-electron chi connectivity index (χ2n) is 6.64. The Morgan fingerprint density at radius 3 is 2.32 bits per heavy atom. The Balaban J connectivity index is 1.45. The summed E-state index contributed by atoms with van der Waals surface area (Å²) in [7, 11) is -3.58. The quantitative estimate of drug-likeness (QED) is 0.812. The van der Waals surface area contributed by atoms with Crippen molar-refractivity contribution in [2.24, 2.45) is 0 Å². The first-order chi connectivity index (χ1) is 12.0. The summed E-state index contributed by atoms with van der Waals surface area (Å²) < 4.78 is 32.2. The Hall–Kier alpha value is -2.00. The van der Waals surface area contributed by atoms with Crippen molar-refractivity contribution in [2.75, 3.05) is 31.1 Å².